The van der Waals surface area contributed by atoms with E-state index in [1.54, 1.807) is 90.3 Å². The van der Waals surface area contributed by atoms with E-state index in [-0.39, 0.29) is 35.3 Å². The van der Waals surface area contributed by atoms with Crippen LogP contribution in [-0.4, -0.2) is 76.9 Å². The Labute approximate surface area is 403 Å². The number of nitrogens with zero attached hydrogens (tertiary/aromatic N) is 6. The van der Waals surface area contributed by atoms with E-state index in [0.29, 0.717) is 45.4 Å². The summed E-state index contributed by atoms with van der Waals surface area (Å²) in [6.45, 7) is 27.9. The number of halogens is 4. The molecule has 13 heteroatoms. The molecule has 0 spiro atoms. The van der Waals surface area contributed by atoms with Gasteiger partial charge >= 0.3 is 406 Å². The summed E-state index contributed by atoms with van der Waals surface area (Å²) in [5.41, 5.74) is 7.63. The first kappa shape index (κ1) is 50.3. The second-order valence-electron chi connectivity index (χ2n) is 19.9. The zero-order chi connectivity index (χ0) is 47.7. The Kier molecular flexibility index (Phi) is 15.8. The summed E-state index contributed by atoms with van der Waals surface area (Å²) in [6.07, 6.45) is 3.36. The van der Waals surface area contributed by atoms with Gasteiger partial charge in [0.05, 0.1) is 0 Å². The molecule has 0 radical (unpaired) electrons. The Hall–Kier alpha value is -4.10. The van der Waals surface area contributed by atoms with E-state index in [0.717, 1.165) is 33.4 Å². The minimum atomic E-state index is -5.27. The van der Waals surface area contributed by atoms with Crippen LogP contribution in [0.2, 0.25) is 0 Å². The van der Waals surface area contributed by atoms with Crippen molar-refractivity contribution in [2.45, 2.75) is 132 Å². The fourth-order valence-corrected chi connectivity index (χ4v) is 14.4. The van der Waals surface area contributed by atoms with Crippen LogP contribution < -0.4 is 10.5 Å². The van der Waals surface area contributed by atoms with Crippen LogP contribution in [-0.2, 0) is 0 Å². The Morgan fingerprint density at radius 1 is 0.477 bits per heavy atom. The number of hydrogen-bond donors (Lipinski definition) is 0. The molecule has 65 heavy (non-hydrogen) atoms. The number of ether oxygens (including phenoxy) is 1. The third kappa shape index (κ3) is 11.2. The first-order chi connectivity index (χ1) is 30.5. The zero-order valence-electron chi connectivity index (χ0n) is 40.3. The summed E-state index contributed by atoms with van der Waals surface area (Å²) in [5.74, 6) is 2.06. The molecule has 4 aromatic carbocycles. The van der Waals surface area contributed by atoms with Gasteiger partial charge < -0.3 is 0 Å². The number of benzene rings is 4. The monoisotopic (exact) mass is 1090 g/mol. The van der Waals surface area contributed by atoms with Crippen molar-refractivity contribution in [3.05, 3.63) is 120 Å². The summed E-state index contributed by atoms with van der Waals surface area (Å²) < 4.78 is 70.6. The van der Waals surface area contributed by atoms with Crippen molar-refractivity contribution in [3.63, 3.8) is 0 Å². The van der Waals surface area contributed by atoms with Gasteiger partial charge in [0.1, 0.15) is 0 Å². The van der Waals surface area contributed by atoms with E-state index < -0.39 is 56.9 Å². The van der Waals surface area contributed by atoms with E-state index in [9.17, 15) is 0 Å². The Bertz CT molecular complexity index is 2390. The van der Waals surface area contributed by atoms with Gasteiger partial charge in [0.25, 0.3) is 0 Å². The van der Waals surface area contributed by atoms with Crippen molar-refractivity contribution in [2.24, 2.45) is 0 Å². The van der Waals surface area contributed by atoms with Gasteiger partial charge in [-0.05, 0) is 0 Å². The molecule has 0 saturated carbocycles. The molecule has 6 rings (SSSR count). The van der Waals surface area contributed by atoms with Crippen molar-refractivity contribution >= 4 is 57.2 Å². The van der Waals surface area contributed by atoms with Crippen LogP contribution in [0, 0.1) is 0 Å². The molecular weight excluding hydrogens is 1030 g/mol. The number of rotatable bonds is 14. The molecule has 0 aliphatic rings. The standard InChI is InChI=1S/C52H62N6O.4FH.2In/c1-31(2)37-17-15-18-38(32(3)4)47(37)45-25-27-53-49(55-45)41-29-35(21-23-43(41)57-51(9,10)11)59-36-22-24-44(58-52(12,13)14)42(30-36)50-54-28-26-46(56-50)48-39(33(5)6)19-16-20-40(48)34(7)8;;;;;;/h15-34H,1-14H3;4*1H;;/q-2;;;;;2*+3/p-4. The van der Waals surface area contributed by atoms with E-state index in [1.807, 2.05) is 12.1 Å². The normalized spacial score (nSPS) is 12.1. The first-order valence-electron chi connectivity index (χ1n) is 22.5. The maximum absolute atomic E-state index is 15.4. The van der Waals surface area contributed by atoms with Gasteiger partial charge in [-0.3, -0.25) is 0 Å². The van der Waals surface area contributed by atoms with Gasteiger partial charge in [0.2, 0.25) is 0 Å². The van der Waals surface area contributed by atoms with Crippen LogP contribution in [0.25, 0.3) is 45.3 Å². The van der Waals surface area contributed by atoms with Crippen LogP contribution in [0.15, 0.2) is 97.3 Å². The van der Waals surface area contributed by atoms with E-state index in [2.05, 4.69) is 91.8 Å². The number of hydrogen-bond acceptors (Lipinski definition) is 7. The SMILES string of the molecule is CC(C)c1cccc(C(C)C)c1-c1ccnc(-c2cc(Oc3ccc([N]([In]([F])[F])C(C)(C)C)c(-c4nccc(-c5c(C(C)C)cccc5C(C)C)n4)c3)ccc2[N]([In]([F])[F])C(C)(C)C)n1. The molecule has 0 unspecified atom stereocenters. The third-order valence-corrected chi connectivity index (χ3v) is 19.8. The Balaban J connectivity index is 1.55. The molecule has 0 atom stereocenters. The summed E-state index contributed by atoms with van der Waals surface area (Å²) in [5, 5.41) is 0. The predicted molar refractivity (Wildman–Crippen MR) is 263 cm³/mol. The molecule has 0 aliphatic heterocycles. The second-order valence-corrected chi connectivity index (χ2v) is 26.0. The van der Waals surface area contributed by atoms with E-state index >= 15 is 10.7 Å². The van der Waals surface area contributed by atoms with Crippen molar-refractivity contribution in [2.75, 3.05) is 5.78 Å². The van der Waals surface area contributed by atoms with Gasteiger partial charge in [-0.2, -0.15) is 0 Å². The van der Waals surface area contributed by atoms with E-state index in [4.69, 9.17) is 24.7 Å². The minimum absolute atomic E-state index is 0.205. The van der Waals surface area contributed by atoms with Crippen molar-refractivity contribution < 1.29 is 15.4 Å². The summed E-state index contributed by atoms with van der Waals surface area (Å²) in [7, 11) is 0. The molecule has 0 bridgehead atoms. The van der Waals surface area contributed by atoms with Crippen LogP contribution in [0.5, 0.6) is 11.5 Å². The van der Waals surface area contributed by atoms with E-state index in [1.165, 1.54) is 5.78 Å². The van der Waals surface area contributed by atoms with Crippen molar-refractivity contribution in [3.8, 4) is 56.8 Å². The molecule has 0 N–H and O–H groups in total. The molecule has 2 aromatic heterocycles. The van der Waals surface area contributed by atoms with Gasteiger partial charge in [-0.15, -0.1) is 0 Å². The third-order valence-electron chi connectivity index (χ3n) is 11.6. The average molecular weight is 1090 g/mol. The van der Waals surface area contributed by atoms with Crippen LogP contribution in [0.1, 0.15) is 143 Å². The number of aromatic nitrogens is 4. The maximum atomic E-state index is 15.4. The summed E-state index contributed by atoms with van der Waals surface area (Å²) in [4.78, 5) is 19.7. The van der Waals surface area contributed by atoms with Crippen LogP contribution >= 0.6 is 0 Å². The van der Waals surface area contributed by atoms with Crippen LogP contribution in [0.4, 0.5) is 22.0 Å². The van der Waals surface area contributed by atoms with Crippen molar-refractivity contribution in [1.82, 2.24) is 19.9 Å². The molecule has 340 valence electrons. The first-order valence-corrected chi connectivity index (χ1v) is 30.5. The summed E-state index contributed by atoms with van der Waals surface area (Å²) >= 11 is -10.5. The average Bonchev–Trinajstić information content (AvgIpc) is 3.22. The molecule has 0 amide bonds. The fourth-order valence-electron chi connectivity index (χ4n) is 8.54. The molecular formula is C52H62F4In2N6O. The molecule has 0 aliphatic carbocycles. The predicted octanol–water partition coefficient (Wildman–Crippen LogP) is 15.3. The van der Waals surface area contributed by atoms with Gasteiger partial charge in [-0.25, -0.2) is 0 Å². The summed E-state index contributed by atoms with van der Waals surface area (Å²) in [6, 6.07) is 26.4. The molecule has 0 saturated heterocycles. The molecule has 7 nitrogen and oxygen atoms in total. The molecule has 2 heterocycles. The van der Waals surface area contributed by atoms with Gasteiger partial charge in [0, 0.05) is 0 Å². The topological polar surface area (TPSA) is 67.3 Å². The Morgan fingerprint density at radius 3 is 1.08 bits per heavy atom. The van der Waals surface area contributed by atoms with Gasteiger partial charge in [-0.1, -0.05) is 0 Å². The Morgan fingerprint density at radius 2 is 0.800 bits per heavy atom. The molecule has 0 fully saturated rings. The van der Waals surface area contributed by atoms with Gasteiger partial charge in [0.15, 0.2) is 0 Å². The number of anilines is 2. The fraction of sp³-hybridized carbons (Fsp3) is 0.385. The van der Waals surface area contributed by atoms with Crippen LogP contribution in [0.3, 0.4) is 0 Å². The van der Waals surface area contributed by atoms with Crippen molar-refractivity contribution in [1.29, 1.82) is 0 Å². The molecule has 6 aromatic rings. The zero-order valence-corrected chi connectivity index (χ0v) is 46.9. The second kappa shape index (κ2) is 20.4. The quantitative estimate of drug-likeness (QED) is 0.101.